The first kappa shape index (κ1) is 10.1. The second-order valence-corrected chi connectivity index (χ2v) is 3.18. The molecule has 0 unspecified atom stereocenters. The topological polar surface area (TPSA) is 46.2 Å². The van der Waals surface area contributed by atoms with Crippen molar-refractivity contribution in [2.45, 2.75) is 12.5 Å². The molecule has 0 saturated heterocycles. The Balaban J connectivity index is 3.22. The van der Waals surface area contributed by atoms with Gasteiger partial charge in [-0.1, -0.05) is 12.1 Å². The standard InChI is InChI=1S/C9H11F2NO/c1-9(12,5-13)6-3-2-4-7(10)8(6)11/h2-4,13H,5,12H2,1H3/t9-/m1/s1. The fourth-order valence-corrected chi connectivity index (χ4v) is 1.03. The van der Waals surface area contributed by atoms with Gasteiger partial charge < -0.3 is 10.8 Å². The number of rotatable bonds is 2. The molecule has 0 aliphatic heterocycles. The van der Waals surface area contributed by atoms with Crippen LogP contribution in [-0.2, 0) is 5.54 Å². The Bertz CT molecular complexity index is 312. The predicted octanol–water partition coefficient (Wildman–Crippen LogP) is 1.13. The van der Waals surface area contributed by atoms with Crippen molar-refractivity contribution < 1.29 is 13.9 Å². The molecular formula is C9H11F2NO. The van der Waals surface area contributed by atoms with E-state index in [4.69, 9.17) is 10.8 Å². The second kappa shape index (κ2) is 3.40. The lowest BCUT2D eigenvalue weighted by Crippen LogP contribution is -2.38. The van der Waals surface area contributed by atoms with Crippen LogP contribution in [0.2, 0.25) is 0 Å². The van der Waals surface area contributed by atoms with E-state index in [1.807, 2.05) is 0 Å². The Hall–Kier alpha value is -1.00. The molecule has 72 valence electrons. The number of benzene rings is 1. The Morgan fingerprint density at radius 1 is 1.46 bits per heavy atom. The van der Waals surface area contributed by atoms with E-state index in [9.17, 15) is 8.78 Å². The zero-order valence-corrected chi connectivity index (χ0v) is 7.22. The molecule has 13 heavy (non-hydrogen) atoms. The minimum absolute atomic E-state index is 0.0185. The minimum Gasteiger partial charge on any atom is -0.394 e. The van der Waals surface area contributed by atoms with Gasteiger partial charge in [-0.25, -0.2) is 8.78 Å². The highest BCUT2D eigenvalue weighted by atomic mass is 19.2. The summed E-state index contributed by atoms with van der Waals surface area (Å²) in [5.74, 6) is -1.95. The molecule has 0 saturated carbocycles. The van der Waals surface area contributed by atoms with Crippen LogP contribution in [0.4, 0.5) is 8.78 Å². The molecule has 0 radical (unpaired) electrons. The molecular weight excluding hydrogens is 176 g/mol. The van der Waals surface area contributed by atoms with E-state index in [1.165, 1.54) is 19.1 Å². The van der Waals surface area contributed by atoms with E-state index in [0.29, 0.717) is 0 Å². The van der Waals surface area contributed by atoms with Crippen LogP contribution in [0.15, 0.2) is 18.2 Å². The Morgan fingerprint density at radius 3 is 2.62 bits per heavy atom. The third-order valence-electron chi connectivity index (χ3n) is 1.90. The van der Waals surface area contributed by atoms with Crippen LogP contribution in [0.3, 0.4) is 0 Å². The average Bonchev–Trinajstić information content (AvgIpc) is 2.09. The summed E-state index contributed by atoms with van der Waals surface area (Å²) >= 11 is 0. The van der Waals surface area contributed by atoms with Crippen LogP contribution >= 0.6 is 0 Å². The maximum atomic E-state index is 13.1. The van der Waals surface area contributed by atoms with Crippen molar-refractivity contribution in [1.29, 1.82) is 0 Å². The van der Waals surface area contributed by atoms with Crippen molar-refractivity contribution in [2.75, 3.05) is 6.61 Å². The quantitative estimate of drug-likeness (QED) is 0.729. The zero-order valence-electron chi connectivity index (χ0n) is 7.22. The van der Waals surface area contributed by atoms with Crippen molar-refractivity contribution in [3.8, 4) is 0 Å². The van der Waals surface area contributed by atoms with Gasteiger partial charge in [0.15, 0.2) is 11.6 Å². The maximum Gasteiger partial charge on any atom is 0.163 e. The van der Waals surface area contributed by atoms with E-state index in [0.717, 1.165) is 6.07 Å². The average molecular weight is 187 g/mol. The predicted molar refractivity (Wildman–Crippen MR) is 45.0 cm³/mol. The van der Waals surface area contributed by atoms with Gasteiger partial charge in [0.05, 0.1) is 12.1 Å². The molecule has 3 N–H and O–H groups in total. The number of hydrogen-bond acceptors (Lipinski definition) is 2. The SMILES string of the molecule is C[C@@](N)(CO)c1cccc(F)c1F. The van der Waals surface area contributed by atoms with Crippen molar-refractivity contribution >= 4 is 0 Å². The van der Waals surface area contributed by atoms with Gasteiger partial charge in [0.1, 0.15) is 0 Å². The molecule has 1 rings (SSSR count). The van der Waals surface area contributed by atoms with E-state index in [-0.39, 0.29) is 5.56 Å². The molecule has 0 aliphatic carbocycles. The van der Waals surface area contributed by atoms with Crippen molar-refractivity contribution in [3.63, 3.8) is 0 Å². The maximum absolute atomic E-state index is 13.1. The zero-order chi connectivity index (χ0) is 10.1. The smallest absolute Gasteiger partial charge is 0.163 e. The normalized spacial score (nSPS) is 15.5. The lowest BCUT2D eigenvalue weighted by atomic mass is 9.94. The molecule has 1 atom stereocenters. The van der Waals surface area contributed by atoms with E-state index in [1.54, 1.807) is 0 Å². The molecule has 2 nitrogen and oxygen atoms in total. The third-order valence-corrected chi connectivity index (χ3v) is 1.90. The molecule has 0 heterocycles. The number of halogens is 2. The highest BCUT2D eigenvalue weighted by Gasteiger charge is 2.25. The summed E-state index contributed by atoms with van der Waals surface area (Å²) < 4.78 is 25.9. The summed E-state index contributed by atoms with van der Waals surface area (Å²) in [6.45, 7) is 0.998. The largest absolute Gasteiger partial charge is 0.394 e. The Labute approximate surface area is 75.0 Å². The van der Waals surface area contributed by atoms with Crippen LogP contribution < -0.4 is 5.73 Å². The van der Waals surface area contributed by atoms with Gasteiger partial charge in [-0.3, -0.25) is 0 Å². The first-order chi connectivity index (χ1) is 5.99. The van der Waals surface area contributed by atoms with Gasteiger partial charge in [0.25, 0.3) is 0 Å². The molecule has 0 aliphatic rings. The molecule has 0 bridgehead atoms. The highest BCUT2D eigenvalue weighted by Crippen LogP contribution is 2.21. The summed E-state index contributed by atoms with van der Waals surface area (Å²) in [5, 5.41) is 8.85. The van der Waals surface area contributed by atoms with E-state index < -0.39 is 23.8 Å². The molecule has 4 heteroatoms. The summed E-state index contributed by atoms with van der Waals surface area (Å²) in [6.07, 6.45) is 0. The number of hydrogen-bond donors (Lipinski definition) is 2. The van der Waals surface area contributed by atoms with Crippen LogP contribution in [0.25, 0.3) is 0 Å². The van der Waals surface area contributed by atoms with Crippen molar-refractivity contribution in [1.82, 2.24) is 0 Å². The van der Waals surface area contributed by atoms with Crippen molar-refractivity contribution in [3.05, 3.63) is 35.4 Å². The van der Waals surface area contributed by atoms with E-state index in [2.05, 4.69) is 0 Å². The van der Waals surface area contributed by atoms with Crippen LogP contribution in [0.1, 0.15) is 12.5 Å². The van der Waals surface area contributed by atoms with Gasteiger partial charge in [0.2, 0.25) is 0 Å². The van der Waals surface area contributed by atoms with Gasteiger partial charge in [-0.15, -0.1) is 0 Å². The number of aliphatic hydroxyl groups excluding tert-OH is 1. The Kier molecular flexibility index (Phi) is 2.63. The molecule has 0 amide bonds. The number of nitrogens with two attached hydrogens (primary N) is 1. The second-order valence-electron chi connectivity index (χ2n) is 3.18. The summed E-state index contributed by atoms with van der Waals surface area (Å²) in [7, 11) is 0. The van der Waals surface area contributed by atoms with Gasteiger partial charge >= 0.3 is 0 Å². The first-order valence-corrected chi connectivity index (χ1v) is 3.83. The van der Waals surface area contributed by atoms with E-state index >= 15 is 0 Å². The molecule has 0 spiro atoms. The lowest BCUT2D eigenvalue weighted by Gasteiger charge is -2.22. The molecule has 0 fully saturated rings. The van der Waals surface area contributed by atoms with Crippen LogP contribution in [-0.4, -0.2) is 11.7 Å². The van der Waals surface area contributed by atoms with Gasteiger partial charge in [0, 0.05) is 5.56 Å². The highest BCUT2D eigenvalue weighted by molar-refractivity contribution is 5.26. The van der Waals surface area contributed by atoms with Crippen LogP contribution in [0, 0.1) is 11.6 Å². The monoisotopic (exact) mass is 187 g/mol. The summed E-state index contributed by atoms with van der Waals surface area (Å²) in [4.78, 5) is 0. The van der Waals surface area contributed by atoms with Crippen molar-refractivity contribution in [2.24, 2.45) is 5.73 Å². The number of aliphatic hydroxyl groups is 1. The first-order valence-electron chi connectivity index (χ1n) is 3.83. The summed E-state index contributed by atoms with van der Waals surface area (Å²) in [5.41, 5.74) is 4.29. The Morgan fingerprint density at radius 2 is 2.08 bits per heavy atom. The molecule has 1 aromatic rings. The van der Waals surface area contributed by atoms with Gasteiger partial charge in [-0.05, 0) is 13.0 Å². The van der Waals surface area contributed by atoms with Gasteiger partial charge in [-0.2, -0.15) is 0 Å². The lowest BCUT2D eigenvalue weighted by molar-refractivity contribution is 0.205. The molecule has 1 aromatic carbocycles. The molecule has 0 aromatic heterocycles. The summed E-state index contributed by atoms with van der Waals surface area (Å²) in [6, 6.07) is 3.72. The fraction of sp³-hybridized carbons (Fsp3) is 0.333. The fourth-order valence-electron chi connectivity index (χ4n) is 1.03. The van der Waals surface area contributed by atoms with Crippen LogP contribution in [0.5, 0.6) is 0 Å². The minimum atomic E-state index is -1.24. The third kappa shape index (κ3) is 1.84.